The van der Waals surface area contributed by atoms with Crippen LogP contribution in [0.15, 0.2) is 9.90 Å². The van der Waals surface area contributed by atoms with Crippen molar-refractivity contribution in [2.24, 2.45) is 0 Å². The molecule has 0 aromatic carbocycles. The van der Waals surface area contributed by atoms with Gasteiger partial charge in [-0.3, -0.25) is 0 Å². The van der Waals surface area contributed by atoms with Gasteiger partial charge in [-0.25, -0.2) is 4.98 Å². The molecule has 0 aliphatic carbocycles. The minimum absolute atomic E-state index is 0.177. The van der Waals surface area contributed by atoms with Crippen LogP contribution in [0.4, 0.5) is 18.3 Å². The van der Waals surface area contributed by atoms with E-state index >= 15 is 0 Å². The summed E-state index contributed by atoms with van der Waals surface area (Å²) < 4.78 is 42.9. The largest absolute Gasteiger partial charge is 0.434 e. The van der Waals surface area contributed by atoms with E-state index in [2.05, 4.69) is 15.1 Å². The van der Waals surface area contributed by atoms with Crippen molar-refractivity contribution < 1.29 is 22.8 Å². The third kappa shape index (κ3) is 2.72. The predicted molar refractivity (Wildman–Crippen MR) is 66.9 cm³/mol. The highest BCUT2D eigenvalue weighted by molar-refractivity contribution is 7.13. The summed E-state index contributed by atoms with van der Waals surface area (Å²) in [5.41, 5.74) is -0.940. The maximum absolute atomic E-state index is 12.6. The minimum Gasteiger partial charge on any atom is -0.391 e. The Morgan fingerprint density at radius 1 is 1.43 bits per heavy atom. The van der Waals surface area contributed by atoms with Crippen LogP contribution in [0.25, 0.3) is 0 Å². The third-order valence-electron chi connectivity index (χ3n) is 3.14. The summed E-state index contributed by atoms with van der Waals surface area (Å²) >= 11 is 0.875. The first-order valence-electron chi connectivity index (χ1n) is 6.12. The molecule has 2 aromatic heterocycles. The average Bonchev–Trinajstić information content (AvgIpc) is 3.05. The fraction of sp³-hybridized carbons (Fsp3) is 0.545. The number of nitrogens with zero attached hydrogens (tertiary/aromatic N) is 4. The van der Waals surface area contributed by atoms with E-state index in [1.165, 1.54) is 0 Å². The molecule has 3 rings (SSSR count). The fourth-order valence-corrected chi connectivity index (χ4v) is 3.13. The first-order chi connectivity index (χ1) is 9.84. The number of halogens is 3. The molecule has 114 valence electrons. The summed E-state index contributed by atoms with van der Waals surface area (Å²) in [5, 5.41) is 14.6. The van der Waals surface area contributed by atoms with Crippen LogP contribution in [0, 0.1) is 6.92 Å². The molecule has 1 aliphatic rings. The number of aromatic nitrogens is 3. The van der Waals surface area contributed by atoms with Gasteiger partial charge in [0.1, 0.15) is 6.04 Å². The maximum Gasteiger partial charge on any atom is 0.434 e. The molecule has 2 atom stereocenters. The second-order valence-corrected chi connectivity index (χ2v) is 5.59. The van der Waals surface area contributed by atoms with Crippen molar-refractivity contribution in [2.45, 2.75) is 31.7 Å². The number of aliphatic hydroxyl groups excluding tert-OH is 1. The number of hydrogen-bond acceptors (Lipinski definition) is 7. The molecule has 1 saturated heterocycles. The molecule has 2 aromatic rings. The highest BCUT2D eigenvalue weighted by atomic mass is 32.1. The Morgan fingerprint density at radius 2 is 2.19 bits per heavy atom. The topological polar surface area (TPSA) is 75.3 Å². The minimum atomic E-state index is -4.48. The predicted octanol–water partition coefficient (Wildman–Crippen LogP) is 2.17. The number of aliphatic hydroxyl groups is 1. The second kappa shape index (κ2) is 4.95. The van der Waals surface area contributed by atoms with Crippen molar-refractivity contribution in [1.82, 2.24) is 15.1 Å². The van der Waals surface area contributed by atoms with Gasteiger partial charge >= 0.3 is 6.18 Å². The standard InChI is InChI=1S/C11H11F3N4O2S/c1-5-15-9(20-17-5)7-2-6(19)3-18(7)10-16-8(4-21-10)11(12,13)14/h4,6-7,19H,2-3H2,1H3/t6-,7+/m0/s1. The van der Waals surface area contributed by atoms with Crippen LogP contribution in [0.3, 0.4) is 0 Å². The summed E-state index contributed by atoms with van der Waals surface area (Å²) in [6.45, 7) is 1.82. The molecule has 6 nitrogen and oxygen atoms in total. The van der Waals surface area contributed by atoms with Crippen LogP contribution in [0.1, 0.15) is 29.9 Å². The van der Waals surface area contributed by atoms with Crippen LogP contribution in [-0.4, -0.2) is 32.9 Å². The molecule has 1 N–H and O–H groups in total. The van der Waals surface area contributed by atoms with Gasteiger partial charge in [-0.2, -0.15) is 18.2 Å². The number of alkyl halides is 3. The Hall–Kier alpha value is -1.68. The number of anilines is 1. The van der Waals surface area contributed by atoms with E-state index in [9.17, 15) is 18.3 Å². The van der Waals surface area contributed by atoms with Crippen molar-refractivity contribution in [1.29, 1.82) is 0 Å². The van der Waals surface area contributed by atoms with E-state index in [4.69, 9.17) is 4.52 Å². The van der Waals surface area contributed by atoms with E-state index in [1.807, 2.05) is 0 Å². The highest BCUT2D eigenvalue weighted by Crippen LogP contribution is 2.39. The van der Waals surface area contributed by atoms with E-state index in [0.717, 1.165) is 16.7 Å². The average molecular weight is 320 g/mol. The van der Waals surface area contributed by atoms with Gasteiger partial charge in [0.25, 0.3) is 0 Å². The zero-order valence-electron chi connectivity index (χ0n) is 10.8. The molecule has 0 spiro atoms. The molecule has 1 fully saturated rings. The number of thiazole rings is 1. The smallest absolute Gasteiger partial charge is 0.391 e. The van der Waals surface area contributed by atoms with Crippen molar-refractivity contribution in [3.8, 4) is 0 Å². The van der Waals surface area contributed by atoms with Crippen LogP contribution >= 0.6 is 11.3 Å². The number of β-amino-alcohol motifs (C(OH)–C–C–N with tert-alkyl or cyclic N) is 1. The lowest BCUT2D eigenvalue weighted by Gasteiger charge is -2.20. The molecule has 3 heterocycles. The fourth-order valence-electron chi connectivity index (χ4n) is 2.23. The summed E-state index contributed by atoms with van der Waals surface area (Å²) in [5.74, 6) is 0.703. The zero-order chi connectivity index (χ0) is 15.2. The molecular weight excluding hydrogens is 309 g/mol. The Morgan fingerprint density at radius 3 is 2.76 bits per heavy atom. The second-order valence-electron chi connectivity index (χ2n) is 4.75. The molecule has 0 saturated carbocycles. The SMILES string of the molecule is Cc1noc([C@H]2C[C@H](O)CN2c2nc(C(F)(F)F)cs2)n1. The monoisotopic (exact) mass is 320 g/mol. The normalized spacial score (nSPS) is 23.0. The number of rotatable bonds is 2. The molecule has 1 aliphatic heterocycles. The van der Waals surface area contributed by atoms with Crippen molar-refractivity contribution >= 4 is 16.5 Å². The molecule has 0 amide bonds. The first kappa shape index (κ1) is 14.3. The van der Waals surface area contributed by atoms with Gasteiger partial charge in [0.05, 0.1) is 6.10 Å². The van der Waals surface area contributed by atoms with Crippen molar-refractivity contribution in [3.63, 3.8) is 0 Å². The maximum atomic E-state index is 12.6. The Balaban J connectivity index is 1.90. The van der Waals surface area contributed by atoms with Gasteiger partial charge in [0, 0.05) is 18.3 Å². The zero-order valence-corrected chi connectivity index (χ0v) is 11.6. The lowest BCUT2D eigenvalue weighted by molar-refractivity contribution is -0.140. The van der Waals surface area contributed by atoms with E-state index in [1.54, 1.807) is 11.8 Å². The lowest BCUT2D eigenvalue weighted by atomic mass is 10.2. The van der Waals surface area contributed by atoms with Crippen LogP contribution in [0.2, 0.25) is 0 Å². The molecule has 0 radical (unpaired) electrons. The Kier molecular flexibility index (Phi) is 3.36. The Bertz CT molecular complexity index is 641. The van der Waals surface area contributed by atoms with Gasteiger partial charge in [-0.15, -0.1) is 11.3 Å². The van der Waals surface area contributed by atoms with E-state index in [-0.39, 0.29) is 17.6 Å². The molecule has 10 heteroatoms. The third-order valence-corrected chi connectivity index (χ3v) is 4.01. The van der Waals surface area contributed by atoms with E-state index < -0.39 is 24.0 Å². The van der Waals surface area contributed by atoms with Gasteiger partial charge < -0.3 is 14.5 Å². The molecular formula is C11H11F3N4O2S. The van der Waals surface area contributed by atoms with Gasteiger partial charge in [-0.05, 0) is 6.92 Å². The highest BCUT2D eigenvalue weighted by Gasteiger charge is 2.39. The summed E-state index contributed by atoms with van der Waals surface area (Å²) in [6, 6.07) is -0.464. The quantitative estimate of drug-likeness (QED) is 0.914. The van der Waals surface area contributed by atoms with Crippen LogP contribution in [0.5, 0.6) is 0 Å². The van der Waals surface area contributed by atoms with Crippen molar-refractivity contribution in [3.05, 3.63) is 22.8 Å². The van der Waals surface area contributed by atoms with Gasteiger partial charge in [-0.1, -0.05) is 5.16 Å². The first-order valence-corrected chi connectivity index (χ1v) is 7.00. The summed E-state index contributed by atoms with van der Waals surface area (Å²) in [7, 11) is 0. The summed E-state index contributed by atoms with van der Waals surface area (Å²) in [4.78, 5) is 9.25. The molecule has 21 heavy (non-hydrogen) atoms. The molecule has 0 unspecified atom stereocenters. The van der Waals surface area contributed by atoms with Crippen LogP contribution in [-0.2, 0) is 6.18 Å². The molecule has 0 bridgehead atoms. The lowest BCUT2D eigenvalue weighted by Crippen LogP contribution is -2.24. The number of hydrogen-bond donors (Lipinski definition) is 1. The number of aryl methyl sites for hydroxylation is 1. The van der Waals surface area contributed by atoms with E-state index in [0.29, 0.717) is 12.2 Å². The summed E-state index contributed by atoms with van der Waals surface area (Å²) in [6.07, 6.45) is -4.85. The van der Waals surface area contributed by atoms with Gasteiger partial charge in [0.15, 0.2) is 16.6 Å². The van der Waals surface area contributed by atoms with Gasteiger partial charge in [0.2, 0.25) is 5.89 Å². The van der Waals surface area contributed by atoms with Crippen molar-refractivity contribution in [2.75, 3.05) is 11.4 Å². The van der Waals surface area contributed by atoms with Crippen LogP contribution < -0.4 is 4.90 Å². The Labute approximate surface area is 121 Å².